The average Bonchev–Trinajstić information content (AvgIpc) is 3.58. The van der Waals surface area contributed by atoms with Gasteiger partial charge in [0.25, 0.3) is 11.8 Å². The van der Waals surface area contributed by atoms with E-state index in [1.165, 1.54) is 12.1 Å². The zero-order valence-electron chi connectivity index (χ0n) is 17.4. The van der Waals surface area contributed by atoms with E-state index in [-0.39, 0.29) is 23.8 Å². The predicted molar refractivity (Wildman–Crippen MR) is 112 cm³/mol. The number of ether oxygens (including phenoxy) is 2. The number of benzene rings is 1. The van der Waals surface area contributed by atoms with Crippen LogP contribution in [0.3, 0.4) is 0 Å². The number of alkyl halides is 2. The number of nitrogens with one attached hydrogen (secondary N) is 1. The van der Waals surface area contributed by atoms with E-state index in [0.29, 0.717) is 18.4 Å². The molecule has 1 fully saturated rings. The van der Waals surface area contributed by atoms with E-state index in [1.54, 1.807) is 12.1 Å². The molecular weight excluding hydrogens is 425 g/mol. The van der Waals surface area contributed by atoms with Crippen molar-refractivity contribution in [3.05, 3.63) is 53.5 Å². The van der Waals surface area contributed by atoms with Gasteiger partial charge >= 0.3 is 0 Å². The van der Waals surface area contributed by atoms with Crippen molar-refractivity contribution >= 4 is 17.4 Å². The number of hydrogen-bond acceptors (Lipinski definition) is 6. The number of carbonyl (C=O) groups excluding carboxylic acids is 1. The van der Waals surface area contributed by atoms with Crippen LogP contribution in [-0.2, 0) is 10.3 Å². The molecule has 170 valence electrons. The van der Waals surface area contributed by atoms with E-state index in [9.17, 15) is 18.0 Å². The van der Waals surface area contributed by atoms with E-state index >= 15 is 0 Å². The van der Waals surface area contributed by atoms with Gasteiger partial charge in [-0.15, -0.1) is 0 Å². The summed E-state index contributed by atoms with van der Waals surface area (Å²) in [6, 6.07) is 8.15. The van der Waals surface area contributed by atoms with Gasteiger partial charge in [0.05, 0.1) is 6.61 Å². The van der Waals surface area contributed by atoms with Crippen molar-refractivity contribution in [3.8, 4) is 5.88 Å². The summed E-state index contributed by atoms with van der Waals surface area (Å²) >= 11 is 0. The van der Waals surface area contributed by atoms with E-state index < -0.39 is 35.4 Å². The first-order valence-electron chi connectivity index (χ1n) is 10.2. The van der Waals surface area contributed by atoms with Crippen molar-refractivity contribution in [1.82, 2.24) is 4.98 Å². The molecule has 1 amide bonds. The highest BCUT2D eigenvalue weighted by Crippen LogP contribution is 2.44. The van der Waals surface area contributed by atoms with Crippen molar-refractivity contribution in [3.63, 3.8) is 0 Å². The Morgan fingerprint density at radius 2 is 2.09 bits per heavy atom. The fraction of sp³-hybridized carbons (Fsp3) is 0.409. The smallest absolute Gasteiger partial charge is 0.299 e. The van der Waals surface area contributed by atoms with Crippen LogP contribution in [0.1, 0.15) is 35.8 Å². The molecule has 32 heavy (non-hydrogen) atoms. The minimum Gasteiger partial charge on any atom is -0.477 e. The maximum Gasteiger partial charge on any atom is 0.299 e. The SMILES string of the molecule is CC1(c2cc(NC(=O)c3cccc(OCC4CC4)n3)ccc2F)N=C(N)COCC1(F)F. The van der Waals surface area contributed by atoms with Crippen LogP contribution < -0.4 is 15.8 Å². The second-order valence-corrected chi connectivity index (χ2v) is 8.14. The summed E-state index contributed by atoms with van der Waals surface area (Å²) in [6.45, 7) is 0.371. The van der Waals surface area contributed by atoms with Crippen LogP contribution in [-0.4, -0.2) is 42.5 Å². The maximum absolute atomic E-state index is 14.8. The number of rotatable bonds is 6. The minimum atomic E-state index is -3.54. The summed E-state index contributed by atoms with van der Waals surface area (Å²) in [4.78, 5) is 20.7. The molecule has 1 aromatic heterocycles. The van der Waals surface area contributed by atoms with Gasteiger partial charge in [0.15, 0.2) is 5.54 Å². The summed E-state index contributed by atoms with van der Waals surface area (Å²) in [5.41, 5.74) is 3.11. The molecule has 0 radical (unpaired) electrons. The Hall–Kier alpha value is -3.14. The minimum absolute atomic E-state index is 0.0749. The molecule has 1 aliphatic carbocycles. The van der Waals surface area contributed by atoms with E-state index in [2.05, 4.69) is 15.3 Å². The first-order chi connectivity index (χ1) is 15.2. The highest BCUT2D eigenvalue weighted by molar-refractivity contribution is 6.03. The number of nitrogens with two attached hydrogens (primary N) is 1. The second-order valence-electron chi connectivity index (χ2n) is 8.14. The number of amides is 1. The molecule has 1 atom stereocenters. The monoisotopic (exact) mass is 448 g/mol. The molecule has 2 aromatic rings. The summed E-state index contributed by atoms with van der Waals surface area (Å²) in [6.07, 6.45) is 2.24. The lowest BCUT2D eigenvalue weighted by atomic mass is 9.85. The third-order valence-corrected chi connectivity index (χ3v) is 5.48. The Morgan fingerprint density at radius 1 is 1.31 bits per heavy atom. The number of aromatic nitrogens is 1. The largest absolute Gasteiger partial charge is 0.477 e. The van der Waals surface area contributed by atoms with Crippen molar-refractivity contribution in [2.45, 2.75) is 31.2 Å². The zero-order valence-corrected chi connectivity index (χ0v) is 17.4. The van der Waals surface area contributed by atoms with E-state index in [0.717, 1.165) is 31.9 Å². The molecule has 4 rings (SSSR count). The highest BCUT2D eigenvalue weighted by atomic mass is 19.3. The van der Waals surface area contributed by atoms with Gasteiger partial charge in [-0.1, -0.05) is 6.07 Å². The Balaban J connectivity index is 1.58. The molecule has 1 aliphatic heterocycles. The van der Waals surface area contributed by atoms with Crippen molar-refractivity contribution < 1.29 is 27.4 Å². The van der Waals surface area contributed by atoms with Gasteiger partial charge in [0, 0.05) is 17.3 Å². The van der Waals surface area contributed by atoms with Crippen LogP contribution in [0.5, 0.6) is 5.88 Å². The zero-order chi connectivity index (χ0) is 22.9. The Kier molecular flexibility index (Phi) is 5.81. The van der Waals surface area contributed by atoms with E-state index in [4.69, 9.17) is 15.2 Å². The molecule has 2 heterocycles. The summed E-state index contributed by atoms with van der Waals surface area (Å²) in [5, 5.41) is 2.56. The van der Waals surface area contributed by atoms with Gasteiger partial charge < -0.3 is 20.5 Å². The van der Waals surface area contributed by atoms with Gasteiger partial charge in [-0.25, -0.2) is 18.2 Å². The summed E-state index contributed by atoms with van der Waals surface area (Å²) in [5.74, 6) is -4.37. The van der Waals surface area contributed by atoms with Crippen LogP contribution in [0.15, 0.2) is 41.4 Å². The van der Waals surface area contributed by atoms with Crippen molar-refractivity contribution in [1.29, 1.82) is 0 Å². The number of anilines is 1. The number of amidine groups is 1. The number of aliphatic imine (C=N–C) groups is 1. The fourth-order valence-corrected chi connectivity index (χ4v) is 3.36. The molecular formula is C22H23F3N4O3. The van der Waals surface area contributed by atoms with Gasteiger partial charge in [-0.2, -0.15) is 0 Å². The number of nitrogens with zero attached hydrogens (tertiary/aromatic N) is 2. The third-order valence-electron chi connectivity index (χ3n) is 5.48. The molecule has 0 spiro atoms. The van der Waals surface area contributed by atoms with Gasteiger partial charge in [-0.3, -0.25) is 9.79 Å². The number of hydrogen-bond donors (Lipinski definition) is 2. The number of halogens is 3. The Morgan fingerprint density at radius 3 is 2.84 bits per heavy atom. The standard InChI is InChI=1S/C22H23F3N4O3/c1-21(22(24,25)12-31-11-18(26)29-21)15-9-14(7-8-16(15)23)27-20(30)17-3-2-4-19(28-17)32-10-13-5-6-13/h2-4,7-9,13H,5-6,10-12H2,1H3,(H2,26,29)(H,27,30). The molecule has 7 nitrogen and oxygen atoms in total. The van der Waals surface area contributed by atoms with Gasteiger partial charge in [0.1, 0.15) is 30.6 Å². The van der Waals surface area contributed by atoms with Crippen LogP contribution in [0, 0.1) is 11.7 Å². The lowest BCUT2D eigenvalue weighted by molar-refractivity contribution is -0.116. The van der Waals surface area contributed by atoms with Gasteiger partial charge in [0.2, 0.25) is 5.88 Å². The molecule has 1 unspecified atom stereocenters. The highest BCUT2D eigenvalue weighted by Gasteiger charge is 2.54. The van der Waals surface area contributed by atoms with Crippen LogP contribution in [0.25, 0.3) is 0 Å². The normalized spacial score (nSPS) is 22.6. The Labute approximate surface area is 182 Å². The first kappa shape index (κ1) is 22.1. The lowest BCUT2D eigenvalue weighted by Crippen LogP contribution is -2.45. The molecule has 1 aromatic carbocycles. The van der Waals surface area contributed by atoms with Crippen molar-refractivity contribution in [2.75, 3.05) is 25.1 Å². The summed E-state index contributed by atoms with van der Waals surface area (Å²) < 4.78 is 54.7. The molecule has 0 bridgehead atoms. The van der Waals surface area contributed by atoms with Crippen LogP contribution >= 0.6 is 0 Å². The Bertz CT molecular complexity index is 1060. The van der Waals surface area contributed by atoms with Crippen molar-refractivity contribution in [2.24, 2.45) is 16.6 Å². The lowest BCUT2D eigenvalue weighted by Gasteiger charge is -2.33. The third kappa shape index (κ3) is 4.55. The first-order valence-corrected chi connectivity index (χ1v) is 10.2. The predicted octanol–water partition coefficient (Wildman–Crippen LogP) is 3.50. The average molecular weight is 448 g/mol. The molecule has 1 saturated carbocycles. The van der Waals surface area contributed by atoms with E-state index in [1.807, 2.05) is 0 Å². The fourth-order valence-electron chi connectivity index (χ4n) is 3.36. The molecule has 0 saturated heterocycles. The van der Waals surface area contributed by atoms with Crippen LogP contribution in [0.2, 0.25) is 0 Å². The molecule has 10 heteroatoms. The maximum atomic E-state index is 14.8. The quantitative estimate of drug-likeness (QED) is 0.705. The molecule has 2 aliphatic rings. The molecule has 3 N–H and O–H groups in total. The number of carbonyl (C=O) groups is 1. The topological polar surface area (TPSA) is 98.8 Å². The second kappa shape index (κ2) is 8.42. The summed E-state index contributed by atoms with van der Waals surface area (Å²) in [7, 11) is 0. The van der Waals surface area contributed by atoms with Gasteiger partial charge in [-0.05, 0) is 49.9 Å². The van der Waals surface area contributed by atoms with Crippen LogP contribution in [0.4, 0.5) is 18.9 Å². The number of pyridine rings is 1.